The Labute approximate surface area is 161 Å². The van der Waals surface area contributed by atoms with Gasteiger partial charge in [0.1, 0.15) is 12.0 Å². The number of aromatic nitrogens is 6. The number of rotatable bonds is 4. The first kappa shape index (κ1) is 16.9. The molecule has 0 N–H and O–H groups in total. The summed E-state index contributed by atoms with van der Waals surface area (Å²) in [4.78, 5) is 21.0. The van der Waals surface area contributed by atoms with Crippen molar-refractivity contribution in [2.24, 2.45) is 0 Å². The van der Waals surface area contributed by atoms with Crippen molar-refractivity contribution >= 4 is 38.6 Å². The largest absolute Gasteiger partial charge is 0.292 e. The number of halogens is 2. The Morgan fingerprint density at radius 1 is 1.12 bits per heavy atom. The minimum Gasteiger partial charge on any atom is -0.292 e. The Balaban J connectivity index is 1.57. The maximum absolute atomic E-state index is 12.6. The van der Waals surface area contributed by atoms with Gasteiger partial charge in [0.25, 0.3) is 5.56 Å². The van der Waals surface area contributed by atoms with Crippen molar-refractivity contribution in [1.29, 1.82) is 0 Å². The number of fused-ring (bicyclic) bond motifs is 1. The quantitative estimate of drug-likeness (QED) is 0.496. The van der Waals surface area contributed by atoms with E-state index in [0.717, 1.165) is 10.0 Å². The molecule has 0 amide bonds. The first-order valence-corrected chi connectivity index (χ1v) is 8.90. The summed E-state index contributed by atoms with van der Waals surface area (Å²) < 4.78 is 3.94. The molecule has 4 rings (SSSR count). The van der Waals surface area contributed by atoms with Crippen LogP contribution in [0.5, 0.6) is 0 Å². The van der Waals surface area contributed by atoms with E-state index in [9.17, 15) is 4.79 Å². The van der Waals surface area contributed by atoms with Crippen LogP contribution in [0, 0.1) is 0 Å². The lowest BCUT2D eigenvalue weighted by Gasteiger charge is -2.04. The van der Waals surface area contributed by atoms with Gasteiger partial charge in [-0.1, -0.05) is 28.9 Å². The fourth-order valence-corrected chi connectivity index (χ4v) is 3.03. The van der Waals surface area contributed by atoms with Crippen molar-refractivity contribution in [3.8, 4) is 0 Å². The molecule has 0 aliphatic rings. The lowest BCUT2D eigenvalue weighted by atomic mass is 10.2. The zero-order chi connectivity index (χ0) is 18.1. The zero-order valence-corrected chi connectivity index (χ0v) is 15.7. The molecule has 0 atom stereocenters. The fraction of sp³-hybridized carbons (Fsp3) is 0.118. The Morgan fingerprint density at radius 3 is 2.73 bits per heavy atom. The first-order chi connectivity index (χ1) is 12.6. The third-order valence-corrected chi connectivity index (χ3v) is 4.51. The average molecular weight is 432 g/mol. The number of hydrogen-bond acceptors (Lipinski definition) is 5. The van der Waals surface area contributed by atoms with E-state index in [4.69, 9.17) is 11.6 Å². The lowest BCUT2D eigenvalue weighted by molar-refractivity contribution is 0.648. The standard InChI is InChI=1S/C17H12BrClN6O/c18-12-5-15-16(20-6-12)21-10-24(17(15)26)8-14-9-25(23-22-14)7-11-1-3-13(19)4-2-11/h1-6,9-10H,7-8H2. The van der Waals surface area contributed by atoms with Crippen LogP contribution < -0.4 is 5.56 Å². The van der Waals surface area contributed by atoms with E-state index in [1.54, 1.807) is 16.9 Å². The molecule has 130 valence electrons. The lowest BCUT2D eigenvalue weighted by Crippen LogP contribution is -2.21. The fourth-order valence-electron chi connectivity index (χ4n) is 2.58. The molecule has 0 aliphatic heterocycles. The van der Waals surface area contributed by atoms with Gasteiger partial charge < -0.3 is 0 Å². The zero-order valence-electron chi connectivity index (χ0n) is 13.4. The molecule has 0 saturated carbocycles. The number of nitrogens with zero attached hydrogens (tertiary/aromatic N) is 6. The predicted molar refractivity (Wildman–Crippen MR) is 101 cm³/mol. The second-order valence-electron chi connectivity index (χ2n) is 5.74. The van der Waals surface area contributed by atoms with E-state index in [1.807, 2.05) is 30.5 Å². The Kier molecular flexibility index (Phi) is 4.52. The molecule has 0 spiro atoms. The third-order valence-electron chi connectivity index (χ3n) is 3.82. The van der Waals surface area contributed by atoms with E-state index >= 15 is 0 Å². The van der Waals surface area contributed by atoms with Gasteiger partial charge in [-0.25, -0.2) is 14.6 Å². The van der Waals surface area contributed by atoms with Crippen LogP contribution >= 0.6 is 27.5 Å². The molecule has 0 fully saturated rings. The summed E-state index contributed by atoms with van der Waals surface area (Å²) in [7, 11) is 0. The number of pyridine rings is 1. The topological polar surface area (TPSA) is 78.5 Å². The van der Waals surface area contributed by atoms with Gasteiger partial charge in [-0.3, -0.25) is 9.36 Å². The average Bonchev–Trinajstić information content (AvgIpc) is 3.07. The van der Waals surface area contributed by atoms with Gasteiger partial charge in [0.2, 0.25) is 0 Å². The number of hydrogen-bond donors (Lipinski definition) is 0. The van der Waals surface area contributed by atoms with E-state index in [0.29, 0.717) is 28.3 Å². The summed E-state index contributed by atoms with van der Waals surface area (Å²) in [6.45, 7) is 0.862. The summed E-state index contributed by atoms with van der Waals surface area (Å²) in [5.41, 5.74) is 1.98. The van der Waals surface area contributed by atoms with Gasteiger partial charge in [0, 0.05) is 15.7 Å². The van der Waals surface area contributed by atoms with Gasteiger partial charge in [-0.15, -0.1) is 5.10 Å². The third kappa shape index (κ3) is 3.51. The predicted octanol–water partition coefficient (Wildman–Crippen LogP) is 2.90. The molecule has 0 aliphatic carbocycles. The van der Waals surface area contributed by atoms with Crippen LogP contribution in [0.1, 0.15) is 11.3 Å². The maximum Gasteiger partial charge on any atom is 0.263 e. The second kappa shape index (κ2) is 6.97. The van der Waals surface area contributed by atoms with Crippen LogP contribution in [0.25, 0.3) is 11.0 Å². The monoisotopic (exact) mass is 430 g/mol. The molecule has 26 heavy (non-hydrogen) atoms. The summed E-state index contributed by atoms with van der Waals surface area (Å²) in [5, 5.41) is 9.40. The molecular formula is C17H12BrClN6O. The van der Waals surface area contributed by atoms with Crippen LogP contribution in [-0.2, 0) is 13.1 Å². The van der Waals surface area contributed by atoms with Crippen molar-refractivity contribution in [3.63, 3.8) is 0 Å². The second-order valence-corrected chi connectivity index (χ2v) is 7.09. The summed E-state index contributed by atoms with van der Waals surface area (Å²) in [6, 6.07) is 9.26. The Hall–Kier alpha value is -2.58. The Morgan fingerprint density at radius 2 is 1.92 bits per heavy atom. The molecule has 3 heterocycles. The Bertz CT molecular complexity index is 1140. The smallest absolute Gasteiger partial charge is 0.263 e. The highest BCUT2D eigenvalue weighted by molar-refractivity contribution is 9.10. The minimum absolute atomic E-state index is 0.170. The van der Waals surface area contributed by atoms with Gasteiger partial charge in [0.05, 0.1) is 24.7 Å². The molecule has 1 aromatic carbocycles. The van der Waals surface area contributed by atoms with Crippen LogP contribution in [-0.4, -0.2) is 29.5 Å². The molecule has 3 aromatic heterocycles. The van der Waals surface area contributed by atoms with Gasteiger partial charge in [-0.05, 0) is 39.7 Å². The van der Waals surface area contributed by atoms with E-state index in [-0.39, 0.29) is 12.1 Å². The van der Waals surface area contributed by atoms with Crippen molar-refractivity contribution in [1.82, 2.24) is 29.5 Å². The highest BCUT2D eigenvalue weighted by Crippen LogP contribution is 2.13. The molecule has 0 radical (unpaired) electrons. The van der Waals surface area contributed by atoms with Crippen LogP contribution in [0.4, 0.5) is 0 Å². The molecule has 7 nitrogen and oxygen atoms in total. The van der Waals surface area contributed by atoms with Crippen molar-refractivity contribution < 1.29 is 0 Å². The first-order valence-electron chi connectivity index (χ1n) is 7.72. The van der Waals surface area contributed by atoms with Crippen molar-refractivity contribution in [2.45, 2.75) is 13.1 Å². The summed E-state index contributed by atoms with van der Waals surface area (Å²) >= 11 is 9.22. The van der Waals surface area contributed by atoms with Crippen molar-refractivity contribution in [2.75, 3.05) is 0 Å². The molecule has 0 unspecified atom stereocenters. The highest BCUT2D eigenvalue weighted by Gasteiger charge is 2.09. The highest BCUT2D eigenvalue weighted by atomic mass is 79.9. The van der Waals surface area contributed by atoms with Crippen LogP contribution in [0.15, 0.2) is 58.3 Å². The molecule has 4 aromatic rings. The van der Waals surface area contributed by atoms with E-state index in [2.05, 4.69) is 36.2 Å². The van der Waals surface area contributed by atoms with Crippen molar-refractivity contribution in [3.05, 3.63) is 80.2 Å². The molecule has 0 saturated heterocycles. The molecule has 0 bridgehead atoms. The molecular weight excluding hydrogens is 420 g/mol. The minimum atomic E-state index is -0.170. The van der Waals surface area contributed by atoms with Crippen LogP contribution in [0.2, 0.25) is 5.02 Å². The summed E-state index contributed by atoms with van der Waals surface area (Å²) in [5.74, 6) is 0. The van der Waals surface area contributed by atoms with E-state index < -0.39 is 0 Å². The number of benzene rings is 1. The van der Waals surface area contributed by atoms with Gasteiger partial charge in [-0.2, -0.15) is 0 Å². The van der Waals surface area contributed by atoms with Crippen LogP contribution in [0.3, 0.4) is 0 Å². The van der Waals surface area contributed by atoms with Gasteiger partial charge >= 0.3 is 0 Å². The SMILES string of the molecule is O=c1c2cc(Br)cnc2ncn1Cc1cn(Cc2ccc(Cl)cc2)nn1. The maximum atomic E-state index is 12.6. The summed E-state index contributed by atoms with van der Waals surface area (Å²) in [6.07, 6.45) is 4.90. The van der Waals surface area contributed by atoms with E-state index in [1.165, 1.54) is 10.9 Å². The normalized spacial score (nSPS) is 11.2. The molecule has 9 heteroatoms. The van der Waals surface area contributed by atoms with Gasteiger partial charge in [0.15, 0.2) is 5.65 Å².